The number of hydrogen-bond acceptors (Lipinski definition) is 5. The Bertz CT molecular complexity index is 971. The van der Waals surface area contributed by atoms with Gasteiger partial charge in [-0.25, -0.2) is 9.59 Å². The zero-order valence-corrected chi connectivity index (χ0v) is 16.2. The Hall–Kier alpha value is -3.33. The summed E-state index contributed by atoms with van der Waals surface area (Å²) in [7, 11) is 1.25. The van der Waals surface area contributed by atoms with Crippen LogP contribution in [0.3, 0.4) is 0 Å². The van der Waals surface area contributed by atoms with Crippen LogP contribution in [0.1, 0.15) is 21.5 Å². The van der Waals surface area contributed by atoms with E-state index in [2.05, 4.69) is 4.74 Å². The lowest BCUT2D eigenvalue weighted by Gasteiger charge is -2.14. The second kappa shape index (κ2) is 9.93. The van der Waals surface area contributed by atoms with E-state index in [0.29, 0.717) is 17.2 Å². The van der Waals surface area contributed by atoms with Gasteiger partial charge in [0.15, 0.2) is 6.61 Å². The highest BCUT2D eigenvalue weighted by atomic mass is 35.5. The molecule has 0 fully saturated rings. The first kappa shape index (κ1) is 23.0. The summed E-state index contributed by atoms with van der Waals surface area (Å²) in [5, 5.41) is 1.89. The third-order valence-electron chi connectivity index (χ3n) is 3.65. The van der Waals surface area contributed by atoms with E-state index in [1.807, 2.05) is 5.32 Å². The summed E-state index contributed by atoms with van der Waals surface area (Å²) in [5.41, 5.74) is -0.728. The van der Waals surface area contributed by atoms with Crippen molar-refractivity contribution in [1.29, 1.82) is 0 Å². The third kappa shape index (κ3) is 6.63. The molecule has 0 saturated carbocycles. The maximum Gasteiger partial charge on any atom is 0.418 e. The molecule has 0 atom stereocenters. The van der Waals surface area contributed by atoms with E-state index in [-0.39, 0.29) is 5.02 Å². The smallest absolute Gasteiger partial charge is 0.418 e. The number of alkyl halides is 3. The summed E-state index contributed by atoms with van der Waals surface area (Å²) < 4.78 is 48.3. The van der Waals surface area contributed by atoms with Crippen molar-refractivity contribution < 1.29 is 37.0 Å². The molecule has 30 heavy (non-hydrogen) atoms. The van der Waals surface area contributed by atoms with Gasteiger partial charge >= 0.3 is 18.1 Å². The first-order chi connectivity index (χ1) is 14.1. The SMILES string of the molecule is COC(=O)c1ccc(/C=C/C(=O)OCC(=O)Nc2ccc(Cl)cc2C(F)(F)F)cc1. The van der Waals surface area contributed by atoms with Gasteiger partial charge in [0.2, 0.25) is 0 Å². The van der Waals surface area contributed by atoms with Gasteiger partial charge in [0.05, 0.1) is 23.9 Å². The van der Waals surface area contributed by atoms with Crippen molar-refractivity contribution in [2.45, 2.75) is 6.18 Å². The monoisotopic (exact) mass is 441 g/mol. The van der Waals surface area contributed by atoms with Gasteiger partial charge in [-0.2, -0.15) is 13.2 Å². The quantitative estimate of drug-likeness (QED) is 0.532. The second-order valence-corrected chi connectivity index (χ2v) is 6.23. The molecule has 0 aliphatic carbocycles. The van der Waals surface area contributed by atoms with Gasteiger partial charge in [0, 0.05) is 11.1 Å². The van der Waals surface area contributed by atoms with E-state index >= 15 is 0 Å². The number of anilines is 1. The van der Waals surface area contributed by atoms with Gasteiger partial charge in [-0.15, -0.1) is 0 Å². The van der Waals surface area contributed by atoms with Gasteiger partial charge in [0.25, 0.3) is 5.91 Å². The van der Waals surface area contributed by atoms with Crippen LogP contribution in [0.25, 0.3) is 6.08 Å². The highest BCUT2D eigenvalue weighted by molar-refractivity contribution is 6.30. The first-order valence-electron chi connectivity index (χ1n) is 8.30. The summed E-state index contributed by atoms with van der Waals surface area (Å²) >= 11 is 5.57. The van der Waals surface area contributed by atoms with Crippen LogP contribution in [-0.4, -0.2) is 31.6 Å². The molecule has 6 nitrogen and oxygen atoms in total. The number of rotatable bonds is 6. The molecule has 0 aliphatic heterocycles. The number of ether oxygens (including phenoxy) is 2. The fourth-order valence-corrected chi connectivity index (χ4v) is 2.42. The van der Waals surface area contributed by atoms with E-state index in [4.69, 9.17) is 16.3 Å². The summed E-state index contributed by atoms with van der Waals surface area (Å²) in [5.74, 6) is -2.34. The predicted molar refractivity (Wildman–Crippen MR) is 103 cm³/mol. The number of benzene rings is 2. The van der Waals surface area contributed by atoms with Crippen LogP contribution in [0, 0.1) is 0 Å². The summed E-state index contributed by atoms with van der Waals surface area (Å²) in [4.78, 5) is 34.9. The number of methoxy groups -OCH3 is 1. The number of carbonyl (C=O) groups is 3. The molecule has 1 amide bonds. The minimum Gasteiger partial charge on any atom is -0.465 e. The van der Waals surface area contributed by atoms with Gasteiger partial charge in [-0.05, 0) is 42.0 Å². The zero-order chi connectivity index (χ0) is 22.3. The molecular formula is C20H15ClF3NO5. The molecule has 0 saturated heterocycles. The highest BCUT2D eigenvalue weighted by Crippen LogP contribution is 2.36. The summed E-state index contributed by atoms with van der Waals surface area (Å²) in [6, 6.07) is 8.97. The fraction of sp³-hybridized carbons (Fsp3) is 0.150. The van der Waals surface area contributed by atoms with Crippen molar-refractivity contribution in [2.75, 3.05) is 19.0 Å². The lowest BCUT2D eigenvalue weighted by atomic mass is 10.1. The molecule has 0 spiro atoms. The molecule has 0 radical (unpaired) electrons. The Labute approximate surface area is 174 Å². The molecule has 0 unspecified atom stereocenters. The van der Waals surface area contributed by atoms with Crippen LogP contribution in [-0.2, 0) is 25.2 Å². The molecule has 0 aromatic heterocycles. The predicted octanol–water partition coefficient (Wildman–Crippen LogP) is 4.34. The number of carbonyl (C=O) groups excluding carboxylic acids is 3. The first-order valence-corrected chi connectivity index (χ1v) is 8.68. The Morgan fingerprint density at radius 3 is 2.37 bits per heavy atom. The van der Waals surface area contributed by atoms with Gasteiger partial charge in [-0.1, -0.05) is 23.7 Å². The Morgan fingerprint density at radius 2 is 1.77 bits per heavy atom. The zero-order valence-electron chi connectivity index (χ0n) is 15.5. The number of hydrogen-bond donors (Lipinski definition) is 1. The normalized spacial score (nSPS) is 11.2. The van der Waals surface area contributed by atoms with Gasteiger partial charge in [0.1, 0.15) is 0 Å². The van der Waals surface area contributed by atoms with Crippen molar-refractivity contribution >= 4 is 41.2 Å². The number of halogens is 4. The van der Waals surface area contributed by atoms with E-state index in [0.717, 1.165) is 12.1 Å². The largest absolute Gasteiger partial charge is 0.465 e. The average molecular weight is 442 g/mol. The lowest BCUT2D eigenvalue weighted by molar-refractivity contribution is -0.142. The Balaban J connectivity index is 1.91. The van der Waals surface area contributed by atoms with Crippen LogP contribution < -0.4 is 5.32 Å². The standard InChI is InChI=1S/C20H15ClF3NO5/c1-29-19(28)13-5-2-12(3-6-13)4-9-18(27)30-11-17(26)25-16-8-7-14(21)10-15(16)20(22,23)24/h2-10H,11H2,1H3,(H,25,26)/b9-4+. The minimum atomic E-state index is -4.73. The third-order valence-corrected chi connectivity index (χ3v) is 3.89. The summed E-state index contributed by atoms with van der Waals surface area (Å²) in [6.45, 7) is -0.787. The van der Waals surface area contributed by atoms with Crippen molar-refractivity contribution in [3.63, 3.8) is 0 Å². The van der Waals surface area contributed by atoms with E-state index in [9.17, 15) is 27.6 Å². The van der Waals surface area contributed by atoms with Gasteiger partial charge in [-0.3, -0.25) is 4.79 Å². The van der Waals surface area contributed by atoms with Crippen molar-refractivity contribution in [3.05, 3.63) is 70.3 Å². The molecule has 2 rings (SSSR count). The molecule has 0 bridgehead atoms. The van der Waals surface area contributed by atoms with Crippen molar-refractivity contribution in [2.24, 2.45) is 0 Å². The molecule has 1 N–H and O–H groups in total. The van der Waals surface area contributed by atoms with E-state index < -0.39 is 41.9 Å². The Morgan fingerprint density at radius 1 is 1.10 bits per heavy atom. The maximum atomic E-state index is 13.0. The molecular weight excluding hydrogens is 427 g/mol. The van der Waals surface area contributed by atoms with Crippen LogP contribution >= 0.6 is 11.6 Å². The molecule has 0 heterocycles. The molecule has 0 aliphatic rings. The highest BCUT2D eigenvalue weighted by Gasteiger charge is 2.34. The summed E-state index contributed by atoms with van der Waals surface area (Å²) in [6.07, 6.45) is -2.32. The molecule has 158 valence electrons. The molecule has 10 heteroatoms. The van der Waals surface area contributed by atoms with Crippen LogP contribution in [0.5, 0.6) is 0 Å². The minimum absolute atomic E-state index is 0.142. The van der Waals surface area contributed by atoms with E-state index in [1.165, 1.54) is 31.4 Å². The maximum absolute atomic E-state index is 13.0. The van der Waals surface area contributed by atoms with E-state index in [1.54, 1.807) is 12.1 Å². The van der Waals surface area contributed by atoms with Crippen molar-refractivity contribution in [1.82, 2.24) is 0 Å². The number of nitrogens with one attached hydrogen (secondary N) is 1. The molecule has 2 aromatic carbocycles. The Kier molecular flexibility index (Phi) is 7.60. The van der Waals surface area contributed by atoms with Crippen LogP contribution in [0.15, 0.2) is 48.5 Å². The van der Waals surface area contributed by atoms with Gasteiger partial charge < -0.3 is 14.8 Å². The molecule has 2 aromatic rings. The number of esters is 2. The van der Waals surface area contributed by atoms with Crippen molar-refractivity contribution in [3.8, 4) is 0 Å². The second-order valence-electron chi connectivity index (χ2n) is 5.79. The van der Waals surface area contributed by atoms with Crippen LogP contribution in [0.4, 0.5) is 18.9 Å². The lowest BCUT2D eigenvalue weighted by Crippen LogP contribution is -2.22. The number of amides is 1. The average Bonchev–Trinajstić information content (AvgIpc) is 2.71. The van der Waals surface area contributed by atoms with Crippen LogP contribution in [0.2, 0.25) is 5.02 Å². The fourth-order valence-electron chi connectivity index (χ4n) is 2.24. The topological polar surface area (TPSA) is 81.7 Å².